The van der Waals surface area contributed by atoms with Crippen LogP contribution < -0.4 is 5.32 Å². The first kappa shape index (κ1) is 8.93. The molecule has 0 radical (unpaired) electrons. The van der Waals surface area contributed by atoms with Gasteiger partial charge in [-0.2, -0.15) is 0 Å². The monoisotopic (exact) mass is 167 g/mol. The molecule has 0 bridgehead atoms. The van der Waals surface area contributed by atoms with Crippen LogP contribution >= 0.6 is 0 Å². The highest BCUT2D eigenvalue weighted by molar-refractivity contribution is 5.37. The molecule has 1 rings (SSSR count). The van der Waals surface area contributed by atoms with Crippen LogP contribution in [-0.4, -0.2) is 30.2 Å². The highest BCUT2D eigenvalue weighted by Crippen LogP contribution is 2.04. The van der Waals surface area contributed by atoms with Crippen LogP contribution in [0.4, 0.5) is 5.82 Å². The second kappa shape index (κ2) is 4.66. The van der Waals surface area contributed by atoms with Gasteiger partial charge in [-0.05, 0) is 6.92 Å². The molecule has 0 saturated heterocycles. The number of hydrogen-bond donors (Lipinski definition) is 1. The van der Waals surface area contributed by atoms with E-state index in [0.29, 0.717) is 6.61 Å². The van der Waals surface area contributed by atoms with E-state index in [2.05, 4.69) is 15.3 Å². The number of nitrogens with one attached hydrogen (secondary N) is 1. The summed E-state index contributed by atoms with van der Waals surface area (Å²) in [6.07, 6.45) is 3.35. The average molecular weight is 167 g/mol. The molecule has 66 valence electrons. The summed E-state index contributed by atoms with van der Waals surface area (Å²) in [7, 11) is 1.67. The van der Waals surface area contributed by atoms with Gasteiger partial charge in [-0.1, -0.05) is 0 Å². The Hall–Kier alpha value is -1.16. The molecule has 1 aromatic rings. The second-order valence-electron chi connectivity index (χ2n) is 2.41. The SMILES string of the molecule is COCCNc1nccnc1C. The number of methoxy groups -OCH3 is 1. The maximum Gasteiger partial charge on any atom is 0.147 e. The van der Waals surface area contributed by atoms with Crippen LogP contribution in [-0.2, 0) is 4.74 Å². The fraction of sp³-hybridized carbons (Fsp3) is 0.500. The predicted octanol–water partition coefficient (Wildman–Crippen LogP) is 0.843. The molecule has 0 aliphatic heterocycles. The van der Waals surface area contributed by atoms with Crippen LogP contribution in [0, 0.1) is 6.92 Å². The summed E-state index contributed by atoms with van der Waals surface area (Å²) >= 11 is 0. The third kappa shape index (κ3) is 2.47. The molecule has 0 aliphatic carbocycles. The van der Waals surface area contributed by atoms with Crippen molar-refractivity contribution in [3.63, 3.8) is 0 Å². The topological polar surface area (TPSA) is 47.0 Å². The summed E-state index contributed by atoms with van der Waals surface area (Å²) in [5, 5.41) is 3.12. The van der Waals surface area contributed by atoms with Crippen molar-refractivity contribution < 1.29 is 4.74 Å². The molecule has 0 atom stereocenters. The lowest BCUT2D eigenvalue weighted by Gasteiger charge is -2.05. The Morgan fingerprint density at radius 3 is 2.83 bits per heavy atom. The molecule has 1 N–H and O–H groups in total. The Morgan fingerprint density at radius 1 is 1.42 bits per heavy atom. The quantitative estimate of drug-likeness (QED) is 0.675. The number of nitrogens with zero attached hydrogens (tertiary/aromatic N) is 2. The van der Waals surface area contributed by atoms with Crippen molar-refractivity contribution in [2.75, 3.05) is 25.6 Å². The third-order valence-corrected chi connectivity index (χ3v) is 1.48. The Balaban J connectivity index is 2.46. The van der Waals surface area contributed by atoms with Gasteiger partial charge in [0.1, 0.15) is 5.82 Å². The van der Waals surface area contributed by atoms with Crippen molar-refractivity contribution in [3.05, 3.63) is 18.1 Å². The minimum Gasteiger partial charge on any atom is -0.383 e. The van der Waals surface area contributed by atoms with Gasteiger partial charge in [-0.15, -0.1) is 0 Å². The van der Waals surface area contributed by atoms with E-state index in [1.54, 1.807) is 19.5 Å². The molecule has 1 aromatic heterocycles. The highest BCUT2D eigenvalue weighted by atomic mass is 16.5. The zero-order chi connectivity index (χ0) is 8.81. The Labute approximate surface area is 72.0 Å². The van der Waals surface area contributed by atoms with Gasteiger partial charge < -0.3 is 10.1 Å². The van der Waals surface area contributed by atoms with Crippen LogP contribution in [0.5, 0.6) is 0 Å². The number of aryl methyl sites for hydroxylation is 1. The van der Waals surface area contributed by atoms with Crippen molar-refractivity contribution in [2.24, 2.45) is 0 Å². The molecule has 0 aliphatic rings. The fourth-order valence-corrected chi connectivity index (χ4v) is 0.853. The number of ether oxygens (including phenoxy) is 1. The number of rotatable bonds is 4. The molecular weight excluding hydrogens is 154 g/mol. The number of aromatic nitrogens is 2. The summed E-state index contributed by atoms with van der Waals surface area (Å²) in [6.45, 7) is 3.36. The first-order chi connectivity index (χ1) is 5.84. The smallest absolute Gasteiger partial charge is 0.147 e. The molecule has 0 amide bonds. The van der Waals surface area contributed by atoms with Crippen molar-refractivity contribution in [2.45, 2.75) is 6.92 Å². The van der Waals surface area contributed by atoms with Crippen molar-refractivity contribution in [1.29, 1.82) is 0 Å². The molecule has 4 nitrogen and oxygen atoms in total. The van der Waals surface area contributed by atoms with Crippen LogP contribution in [0.1, 0.15) is 5.69 Å². The van der Waals surface area contributed by atoms with Gasteiger partial charge in [-0.25, -0.2) is 4.98 Å². The molecule has 1 heterocycles. The van der Waals surface area contributed by atoms with Gasteiger partial charge in [0.05, 0.1) is 12.3 Å². The second-order valence-corrected chi connectivity index (χ2v) is 2.41. The molecule has 0 aromatic carbocycles. The van der Waals surface area contributed by atoms with E-state index < -0.39 is 0 Å². The molecular formula is C8H13N3O. The summed E-state index contributed by atoms with van der Waals surface area (Å²) < 4.78 is 4.89. The van der Waals surface area contributed by atoms with Crippen molar-refractivity contribution in [3.8, 4) is 0 Å². The van der Waals surface area contributed by atoms with Crippen molar-refractivity contribution >= 4 is 5.82 Å². The lowest BCUT2D eigenvalue weighted by atomic mass is 10.4. The van der Waals surface area contributed by atoms with E-state index in [0.717, 1.165) is 18.1 Å². The molecule has 4 heteroatoms. The minimum absolute atomic E-state index is 0.677. The lowest BCUT2D eigenvalue weighted by molar-refractivity contribution is 0.210. The highest BCUT2D eigenvalue weighted by Gasteiger charge is 1.96. The molecule has 0 saturated carbocycles. The van der Waals surface area contributed by atoms with E-state index in [1.807, 2.05) is 6.92 Å². The average Bonchev–Trinajstić information content (AvgIpc) is 2.09. The Kier molecular flexibility index (Phi) is 3.47. The normalized spacial score (nSPS) is 9.83. The maximum atomic E-state index is 4.89. The van der Waals surface area contributed by atoms with E-state index in [9.17, 15) is 0 Å². The molecule has 0 spiro atoms. The third-order valence-electron chi connectivity index (χ3n) is 1.48. The standard InChI is InChI=1S/C8H13N3O/c1-7-8(10-4-3-9-7)11-5-6-12-2/h3-4H,5-6H2,1-2H3,(H,10,11). The number of hydrogen-bond acceptors (Lipinski definition) is 4. The summed E-state index contributed by atoms with van der Waals surface area (Å²) in [5.74, 6) is 0.828. The number of anilines is 1. The van der Waals surface area contributed by atoms with E-state index in [-0.39, 0.29) is 0 Å². The molecule has 12 heavy (non-hydrogen) atoms. The van der Waals surface area contributed by atoms with Gasteiger partial charge in [0.2, 0.25) is 0 Å². The Morgan fingerprint density at radius 2 is 2.17 bits per heavy atom. The van der Waals surface area contributed by atoms with Gasteiger partial charge >= 0.3 is 0 Å². The van der Waals surface area contributed by atoms with E-state index in [4.69, 9.17) is 4.74 Å². The predicted molar refractivity (Wildman–Crippen MR) is 47.1 cm³/mol. The summed E-state index contributed by atoms with van der Waals surface area (Å²) in [5.41, 5.74) is 0.911. The van der Waals surface area contributed by atoms with Gasteiger partial charge in [-0.3, -0.25) is 4.98 Å². The first-order valence-corrected chi connectivity index (χ1v) is 3.85. The van der Waals surface area contributed by atoms with Gasteiger partial charge in [0.25, 0.3) is 0 Å². The van der Waals surface area contributed by atoms with Crippen LogP contribution in [0.3, 0.4) is 0 Å². The zero-order valence-corrected chi connectivity index (χ0v) is 7.37. The van der Waals surface area contributed by atoms with Gasteiger partial charge in [0, 0.05) is 26.0 Å². The minimum atomic E-state index is 0.677. The lowest BCUT2D eigenvalue weighted by Crippen LogP contribution is -2.10. The van der Waals surface area contributed by atoms with Crippen LogP contribution in [0.25, 0.3) is 0 Å². The van der Waals surface area contributed by atoms with Crippen LogP contribution in [0.15, 0.2) is 12.4 Å². The summed E-state index contributed by atoms with van der Waals surface area (Å²) in [4.78, 5) is 8.21. The molecule has 0 fully saturated rings. The molecule has 0 unspecified atom stereocenters. The van der Waals surface area contributed by atoms with Gasteiger partial charge in [0.15, 0.2) is 0 Å². The fourth-order valence-electron chi connectivity index (χ4n) is 0.853. The van der Waals surface area contributed by atoms with Crippen LogP contribution in [0.2, 0.25) is 0 Å². The summed E-state index contributed by atoms with van der Waals surface area (Å²) in [6, 6.07) is 0. The van der Waals surface area contributed by atoms with E-state index >= 15 is 0 Å². The maximum absolute atomic E-state index is 4.89. The Bertz CT molecular complexity index is 239. The zero-order valence-electron chi connectivity index (χ0n) is 7.37. The largest absolute Gasteiger partial charge is 0.383 e. The van der Waals surface area contributed by atoms with E-state index in [1.165, 1.54) is 0 Å². The van der Waals surface area contributed by atoms with Crippen molar-refractivity contribution in [1.82, 2.24) is 9.97 Å². The first-order valence-electron chi connectivity index (χ1n) is 3.85.